The van der Waals surface area contributed by atoms with Gasteiger partial charge in [-0.05, 0) is 69.7 Å². The Bertz CT molecular complexity index is 1410. The van der Waals surface area contributed by atoms with Gasteiger partial charge in [0.25, 0.3) is 5.56 Å². The number of carbonyl (C=O) groups excluding carboxylic acids is 1. The zero-order chi connectivity index (χ0) is 24.9. The Hall–Kier alpha value is -3.23. The second-order valence-corrected chi connectivity index (χ2v) is 9.17. The number of rotatable bonds is 10. The first kappa shape index (κ1) is 24.9. The van der Waals surface area contributed by atoms with Gasteiger partial charge in [-0.2, -0.15) is 0 Å². The molecule has 0 unspecified atom stereocenters. The van der Waals surface area contributed by atoms with Gasteiger partial charge in [0.05, 0.1) is 16.7 Å². The minimum Gasteiger partial charge on any atom is -0.382 e. The van der Waals surface area contributed by atoms with Crippen LogP contribution in [0.2, 0.25) is 0 Å². The monoisotopic (exact) mass is 493 g/mol. The van der Waals surface area contributed by atoms with Gasteiger partial charge in [-0.15, -0.1) is 0 Å². The standard InChI is InChI=1S/C27H28FN3O3S/c1-4-34-15-7-14-30-26(33)22-8-5-6-9-24(22)29-27(30)35-17-25(32)23-16-18(2)31(19(23)3)21-12-10-20(28)11-13-21/h5-6,8-13,16H,4,7,14-15,17H2,1-3H3. The van der Waals surface area contributed by atoms with Gasteiger partial charge in [-0.25, -0.2) is 9.37 Å². The second-order valence-electron chi connectivity index (χ2n) is 8.23. The summed E-state index contributed by atoms with van der Waals surface area (Å²) in [6.45, 7) is 7.37. The summed E-state index contributed by atoms with van der Waals surface area (Å²) in [7, 11) is 0. The third-order valence-electron chi connectivity index (χ3n) is 5.85. The van der Waals surface area contributed by atoms with Crippen LogP contribution >= 0.6 is 11.8 Å². The molecule has 0 saturated carbocycles. The zero-order valence-corrected chi connectivity index (χ0v) is 20.9. The summed E-state index contributed by atoms with van der Waals surface area (Å²) in [5.74, 6) is -0.219. The normalized spacial score (nSPS) is 11.3. The van der Waals surface area contributed by atoms with Gasteiger partial charge in [-0.3, -0.25) is 14.2 Å². The van der Waals surface area contributed by atoms with Crippen molar-refractivity contribution >= 4 is 28.4 Å². The Morgan fingerprint density at radius 2 is 1.86 bits per heavy atom. The van der Waals surface area contributed by atoms with Crippen molar-refractivity contribution in [3.8, 4) is 5.69 Å². The smallest absolute Gasteiger partial charge is 0.262 e. The summed E-state index contributed by atoms with van der Waals surface area (Å²) in [4.78, 5) is 31.1. The van der Waals surface area contributed by atoms with Gasteiger partial charge < -0.3 is 9.30 Å². The summed E-state index contributed by atoms with van der Waals surface area (Å²) in [5.41, 5.74) is 3.58. The van der Waals surface area contributed by atoms with Crippen molar-refractivity contribution in [1.82, 2.24) is 14.1 Å². The molecule has 0 aliphatic rings. The van der Waals surface area contributed by atoms with Crippen molar-refractivity contribution in [2.45, 2.75) is 38.9 Å². The molecule has 0 radical (unpaired) electrons. The van der Waals surface area contributed by atoms with E-state index in [1.165, 1.54) is 23.9 Å². The number of ether oxygens (including phenoxy) is 1. The molecular formula is C27H28FN3O3S. The van der Waals surface area contributed by atoms with Crippen LogP contribution in [0.3, 0.4) is 0 Å². The predicted molar refractivity (Wildman–Crippen MR) is 137 cm³/mol. The highest BCUT2D eigenvalue weighted by atomic mass is 32.2. The minimum atomic E-state index is -0.306. The van der Waals surface area contributed by atoms with E-state index in [1.54, 1.807) is 22.8 Å². The highest BCUT2D eigenvalue weighted by Crippen LogP contribution is 2.25. The highest BCUT2D eigenvalue weighted by Gasteiger charge is 2.19. The molecule has 2 aromatic carbocycles. The Kier molecular flexibility index (Phi) is 7.83. The zero-order valence-electron chi connectivity index (χ0n) is 20.1. The molecule has 2 aromatic heterocycles. The van der Waals surface area contributed by atoms with Crippen molar-refractivity contribution in [1.29, 1.82) is 0 Å². The predicted octanol–water partition coefficient (Wildman–Crippen LogP) is 5.34. The average molecular weight is 494 g/mol. The van der Waals surface area contributed by atoms with E-state index in [0.717, 1.165) is 17.1 Å². The van der Waals surface area contributed by atoms with E-state index in [0.29, 0.717) is 47.8 Å². The molecule has 182 valence electrons. The molecule has 0 atom stereocenters. The van der Waals surface area contributed by atoms with Gasteiger partial charge in [0.1, 0.15) is 5.82 Å². The number of hydrogen-bond donors (Lipinski definition) is 0. The quantitative estimate of drug-likeness (QED) is 0.129. The lowest BCUT2D eigenvalue weighted by Crippen LogP contribution is -2.24. The molecule has 0 bridgehead atoms. The average Bonchev–Trinajstić information content (AvgIpc) is 3.16. The molecule has 8 heteroatoms. The molecule has 0 N–H and O–H groups in total. The summed E-state index contributed by atoms with van der Waals surface area (Å²) < 4.78 is 22.4. The van der Waals surface area contributed by atoms with Crippen LogP contribution in [0.5, 0.6) is 0 Å². The van der Waals surface area contributed by atoms with Gasteiger partial charge in [-0.1, -0.05) is 23.9 Å². The molecule has 0 amide bonds. The molecular weight excluding hydrogens is 465 g/mol. The molecule has 0 spiro atoms. The van der Waals surface area contributed by atoms with Crippen LogP contribution in [0.1, 0.15) is 35.1 Å². The molecule has 4 rings (SSSR count). The van der Waals surface area contributed by atoms with E-state index >= 15 is 0 Å². The van der Waals surface area contributed by atoms with E-state index in [1.807, 2.05) is 49.6 Å². The molecule has 2 heterocycles. The molecule has 0 aliphatic carbocycles. The molecule has 0 saturated heterocycles. The fourth-order valence-corrected chi connectivity index (χ4v) is 5.07. The lowest BCUT2D eigenvalue weighted by Gasteiger charge is -2.13. The second kappa shape index (κ2) is 11.0. The number of thioether (sulfide) groups is 1. The molecule has 0 aliphatic heterocycles. The van der Waals surface area contributed by atoms with Crippen molar-refractivity contribution in [3.05, 3.63) is 87.7 Å². The Balaban J connectivity index is 1.59. The maximum Gasteiger partial charge on any atom is 0.262 e. The SMILES string of the molecule is CCOCCCn1c(SCC(=O)c2cc(C)n(-c3ccc(F)cc3)c2C)nc2ccccc2c1=O. The summed E-state index contributed by atoms with van der Waals surface area (Å²) in [6, 6.07) is 15.3. The van der Waals surface area contributed by atoms with Gasteiger partial charge in [0, 0.05) is 42.4 Å². The van der Waals surface area contributed by atoms with Crippen LogP contribution in [-0.4, -0.2) is 38.9 Å². The maximum absolute atomic E-state index is 13.4. The first-order chi connectivity index (χ1) is 16.9. The number of aryl methyl sites for hydroxylation is 1. The number of benzene rings is 2. The largest absolute Gasteiger partial charge is 0.382 e. The fourth-order valence-electron chi connectivity index (χ4n) is 4.16. The lowest BCUT2D eigenvalue weighted by atomic mass is 10.2. The van der Waals surface area contributed by atoms with Crippen LogP contribution < -0.4 is 5.56 Å². The highest BCUT2D eigenvalue weighted by molar-refractivity contribution is 7.99. The third-order valence-corrected chi connectivity index (χ3v) is 6.83. The molecule has 4 aromatic rings. The number of aromatic nitrogens is 3. The van der Waals surface area contributed by atoms with Gasteiger partial charge in [0.2, 0.25) is 0 Å². The Labute approximate surface area is 207 Å². The fraction of sp³-hybridized carbons (Fsp3) is 0.296. The van der Waals surface area contributed by atoms with Crippen molar-refractivity contribution in [3.63, 3.8) is 0 Å². The first-order valence-electron chi connectivity index (χ1n) is 11.6. The van der Waals surface area contributed by atoms with Crippen LogP contribution in [0.4, 0.5) is 4.39 Å². The van der Waals surface area contributed by atoms with Crippen molar-refractivity contribution in [2.75, 3.05) is 19.0 Å². The Morgan fingerprint density at radius 3 is 2.60 bits per heavy atom. The van der Waals surface area contributed by atoms with E-state index in [4.69, 9.17) is 9.72 Å². The summed E-state index contributed by atoms with van der Waals surface area (Å²) in [6.07, 6.45) is 0.675. The number of fused-ring (bicyclic) bond motifs is 1. The Morgan fingerprint density at radius 1 is 1.11 bits per heavy atom. The molecule has 35 heavy (non-hydrogen) atoms. The molecule has 6 nitrogen and oxygen atoms in total. The van der Waals surface area contributed by atoms with E-state index in [-0.39, 0.29) is 22.9 Å². The third kappa shape index (κ3) is 5.39. The van der Waals surface area contributed by atoms with Gasteiger partial charge in [0.15, 0.2) is 10.9 Å². The van der Waals surface area contributed by atoms with Crippen LogP contribution in [0.25, 0.3) is 16.6 Å². The van der Waals surface area contributed by atoms with Crippen molar-refractivity contribution < 1.29 is 13.9 Å². The lowest BCUT2D eigenvalue weighted by molar-refractivity contribution is 0.102. The maximum atomic E-state index is 13.4. The van der Waals surface area contributed by atoms with Crippen molar-refractivity contribution in [2.24, 2.45) is 0 Å². The topological polar surface area (TPSA) is 66.1 Å². The number of para-hydroxylation sites is 1. The number of hydrogen-bond acceptors (Lipinski definition) is 5. The summed E-state index contributed by atoms with van der Waals surface area (Å²) in [5, 5.41) is 1.08. The number of halogens is 1. The minimum absolute atomic E-state index is 0.0558. The van der Waals surface area contributed by atoms with E-state index in [9.17, 15) is 14.0 Å². The van der Waals surface area contributed by atoms with Crippen LogP contribution in [-0.2, 0) is 11.3 Å². The van der Waals surface area contributed by atoms with Crippen LogP contribution in [0, 0.1) is 19.7 Å². The summed E-state index contributed by atoms with van der Waals surface area (Å²) >= 11 is 1.27. The van der Waals surface area contributed by atoms with Gasteiger partial charge >= 0.3 is 0 Å². The number of nitrogens with zero attached hydrogens (tertiary/aromatic N) is 3. The number of carbonyl (C=O) groups is 1. The number of ketones is 1. The first-order valence-corrected chi connectivity index (χ1v) is 12.6. The van der Waals surface area contributed by atoms with E-state index in [2.05, 4.69) is 0 Å². The van der Waals surface area contributed by atoms with E-state index < -0.39 is 0 Å². The molecule has 0 fully saturated rings. The van der Waals surface area contributed by atoms with Crippen LogP contribution in [0.15, 0.2) is 64.5 Å². The number of Topliss-reactive ketones (excluding diaryl/α,β-unsaturated/α-hetero) is 1.